The molecule has 0 atom stereocenters. The molecule has 0 bridgehead atoms. The topological polar surface area (TPSA) is 51.2 Å². The van der Waals surface area contributed by atoms with E-state index in [1.165, 1.54) is 32.1 Å². The van der Waals surface area contributed by atoms with Crippen molar-refractivity contribution in [3.8, 4) is 0 Å². The second-order valence-electron chi connectivity index (χ2n) is 7.58. The van der Waals surface area contributed by atoms with Crippen molar-refractivity contribution in [2.45, 2.75) is 70.0 Å². The summed E-state index contributed by atoms with van der Waals surface area (Å²) < 4.78 is 25.5. The van der Waals surface area contributed by atoms with E-state index in [0.717, 1.165) is 24.3 Å². The molecule has 2 saturated carbocycles. The second kappa shape index (κ2) is 7.38. The Hall–Kier alpha value is -1.16. The molecule has 3 rings (SSSR count). The summed E-state index contributed by atoms with van der Waals surface area (Å²) >= 11 is 0. The van der Waals surface area contributed by atoms with Gasteiger partial charge in [0.1, 0.15) is 0 Å². The molecule has 0 spiro atoms. The van der Waals surface area contributed by atoms with Crippen molar-refractivity contribution in [3.63, 3.8) is 0 Å². The van der Waals surface area contributed by atoms with Crippen molar-refractivity contribution in [2.24, 2.45) is 11.8 Å². The lowest BCUT2D eigenvalue weighted by Gasteiger charge is -2.35. The van der Waals surface area contributed by atoms with E-state index in [4.69, 9.17) is 0 Å². The van der Waals surface area contributed by atoms with E-state index in [1.54, 1.807) is 25.1 Å². The standard InChI is InChI=1S/C20H28O3S/c1-15-7-5-6-10-19(15)20(21)24(22,23)18-13-11-17(12-14-18)16-8-3-2-4-9-16/h5-7,10,16-18H,2-4,8-9,11-14H2,1H3. The molecule has 1 aromatic rings. The van der Waals surface area contributed by atoms with E-state index in [-0.39, 0.29) is 0 Å². The molecule has 0 heterocycles. The van der Waals surface area contributed by atoms with Crippen LogP contribution in [0.15, 0.2) is 24.3 Å². The van der Waals surface area contributed by atoms with E-state index in [9.17, 15) is 13.2 Å². The van der Waals surface area contributed by atoms with Crippen LogP contribution in [0.1, 0.15) is 73.7 Å². The Balaban J connectivity index is 1.66. The number of hydrogen-bond acceptors (Lipinski definition) is 3. The summed E-state index contributed by atoms with van der Waals surface area (Å²) in [5.74, 6) is 1.46. The predicted octanol–water partition coefficient (Wildman–Crippen LogP) is 4.69. The van der Waals surface area contributed by atoms with Crippen LogP contribution in [-0.2, 0) is 9.84 Å². The van der Waals surface area contributed by atoms with Gasteiger partial charge in [-0.25, -0.2) is 8.42 Å². The lowest BCUT2D eigenvalue weighted by molar-refractivity contribution is 0.107. The Morgan fingerprint density at radius 1 is 0.875 bits per heavy atom. The highest BCUT2D eigenvalue weighted by Gasteiger charge is 2.38. The number of rotatable bonds is 3. The molecular weight excluding hydrogens is 320 g/mol. The maximum Gasteiger partial charge on any atom is 0.277 e. The van der Waals surface area contributed by atoms with E-state index >= 15 is 0 Å². The summed E-state index contributed by atoms with van der Waals surface area (Å²) in [5.41, 5.74) is 1.08. The van der Waals surface area contributed by atoms with Gasteiger partial charge in [0.2, 0.25) is 9.84 Å². The minimum atomic E-state index is -3.73. The molecule has 132 valence electrons. The number of carbonyl (C=O) groups excluding carboxylic acids is 1. The summed E-state index contributed by atoms with van der Waals surface area (Å²) in [6, 6.07) is 6.98. The number of carbonyl (C=O) groups is 1. The average molecular weight is 349 g/mol. The number of benzene rings is 1. The van der Waals surface area contributed by atoms with Crippen LogP contribution in [0.5, 0.6) is 0 Å². The van der Waals surface area contributed by atoms with Crippen molar-refractivity contribution in [1.29, 1.82) is 0 Å². The van der Waals surface area contributed by atoms with Gasteiger partial charge in [0.05, 0.1) is 5.25 Å². The minimum absolute atomic E-state index is 0.340. The first-order valence-corrected chi connectivity index (χ1v) is 10.9. The fourth-order valence-electron chi connectivity index (χ4n) is 4.58. The Bertz CT molecular complexity index is 679. The van der Waals surface area contributed by atoms with E-state index in [2.05, 4.69) is 0 Å². The quantitative estimate of drug-likeness (QED) is 0.796. The Kier molecular flexibility index (Phi) is 5.43. The van der Waals surface area contributed by atoms with Crippen molar-refractivity contribution in [2.75, 3.05) is 0 Å². The fraction of sp³-hybridized carbons (Fsp3) is 0.650. The molecule has 3 nitrogen and oxygen atoms in total. The average Bonchev–Trinajstić information content (AvgIpc) is 2.62. The highest BCUT2D eigenvalue weighted by molar-refractivity contribution is 8.07. The predicted molar refractivity (Wildman–Crippen MR) is 96.8 cm³/mol. The number of hydrogen-bond donors (Lipinski definition) is 0. The number of aryl methyl sites for hydroxylation is 1. The lowest BCUT2D eigenvalue weighted by Crippen LogP contribution is -2.34. The summed E-state index contributed by atoms with van der Waals surface area (Å²) in [6.07, 6.45) is 9.87. The summed E-state index contributed by atoms with van der Waals surface area (Å²) in [5, 5.41) is -1.16. The van der Waals surface area contributed by atoms with Gasteiger partial charge in [-0.05, 0) is 50.0 Å². The molecular formula is C20H28O3S. The molecule has 0 radical (unpaired) electrons. The van der Waals surface area contributed by atoms with Gasteiger partial charge in [-0.15, -0.1) is 0 Å². The van der Waals surface area contributed by atoms with Crippen molar-refractivity contribution >= 4 is 15.0 Å². The second-order valence-corrected chi connectivity index (χ2v) is 9.71. The summed E-state index contributed by atoms with van der Waals surface area (Å²) in [7, 11) is -3.73. The zero-order chi connectivity index (χ0) is 17.2. The Morgan fingerprint density at radius 2 is 1.46 bits per heavy atom. The van der Waals surface area contributed by atoms with Crippen LogP contribution in [0.25, 0.3) is 0 Å². The Labute approximate surface area is 145 Å². The van der Waals surface area contributed by atoms with Crippen LogP contribution in [-0.4, -0.2) is 18.8 Å². The molecule has 2 aliphatic rings. The van der Waals surface area contributed by atoms with E-state index in [0.29, 0.717) is 24.3 Å². The lowest BCUT2D eigenvalue weighted by atomic mass is 9.73. The van der Waals surface area contributed by atoms with Crippen molar-refractivity contribution in [3.05, 3.63) is 35.4 Å². The van der Waals surface area contributed by atoms with Gasteiger partial charge in [0, 0.05) is 5.56 Å². The van der Waals surface area contributed by atoms with E-state index < -0.39 is 20.2 Å². The fourth-order valence-corrected chi connectivity index (χ4v) is 6.31. The normalized spacial score (nSPS) is 26.2. The zero-order valence-electron chi connectivity index (χ0n) is 14.5. The molecule has 24 heavy (non-hydrogen) atoms. The molecule has 0 N–H and O–H groups in total. The highest BCUT2D eigenvalue weighted by atomic mass is 32.2. The first kappa shape index (κ1) is 17.7. The van der Waals surface area contributed by atoms with Gasteiger partial charge in [-0.3, -0.25) is 4.79 Å². The first-order chi connectivity index (χ1) is 11.5. The highest BCUT2D eigenvalue weighted by Crippen LogP contribution is 2.40. The van der Waals surface area contributed by atoms with Crippen LogP contribution in [0, 0.1) is 18.8 Å². The molecule has 2 fully saturated rings. The van der Waals surface area contributed by atoms with E-state index in [1.807, 2.05) is 6.07 Å². The van der Waals surface area contributed by atoms with Crippen molar-refractivity contribution in [1.82, 2.24) is 0 Å². The third-order valence-electron chi connectivity index (χ3n) is 6.10. The smallest absolute Gasteiger partial charge is 0.276 e. The Morgan fingerprint density at radius 3 is 2.08 bits per heavy atom. The largest absolute Gasteiger partial charge is 0.277 e. The zero-order valence-corrected chi connectivity index (χ0v) is 15.4. The van der Waals surface area contributed by atoms with Crippen LogP contribution < -0.4 is 0 Å². The van der Waals surface area contributed by atoms with Gasteiger partial charge in [-0.2, -0.15) is 0 Å². The molecule has 4 heteroatoms. The molecule has 0 unspecified atom stereocenters. The van der Waals surface area contributed by atoms with Gasteiger partial charge < -0.3 is 0 Å². The monoisotopic (exact) mass is 348 g/mol. The van der Waals surface area contributed by atoms with Crippen LogP contribution >= 0.6 is 0 Å². The van der Waals surface area contributed by atoms with Gasteiger partial charge in [-0.1, -0.05) is 56.4 Å². The summed E-state index contributed by atoms with van der Waals surface area (Å²) in [6.45, 7) is 1.79. The molecule has 2 aliphatic carbocycles. The third kappa shape index (κ3) is 3.58. The summed E-state index contributed by atoms with van der Waals surface area (Å²) in [4.78, 5) is 12.6. The molecule has 0 aromatic heterocycles. The third-order valence-corrected chi connectivity index (χ3v) is 8.18. The van der Waals surface area contributed by atoms with Crippen molar-refractivity contribution < 1.29 is 13.2 Å². The molecule has 1 aromatic carbocycles. The molecule has 0 saturated heterocycles. The van der Waals surface area contributed by atoms with Gasteiger partial charge in [0.15, 0.2) is 0 Å². The van der Waals surface area contributed by atoms with Gasteiger partial charge >= 0.3 is 0 Å². The number of sulfone groups is 1. The SMILES string of the molecule is Cc1ccccc1C(=O)S(=O)(=O)C1CCC(C2CCCCC2)CC1. The molecule has 0 amide bonds. The first-order valence-electron chi connectivity index (χ1n) is 9.34. The maximum absolute atomic E-state index is 12.8. The minimum Gasteiger partial charge on any atom is -0.276 e. The molecule has 0 aliphatic heterocycles. The van der Waals surface area contributed by atoms with Crippen LogP contribution in [0.2, 0.25) is 0 Å². The van der Waals surface area contributed by atoms with Crippen LogP contribution in [0.3, 0.4) is 0 Å². The van der Waals surface area contributed by atoms with Gasteiger partial charge in [0.25, 0.3) is 5.12 Å². The maximum atomic E-state index is 12.8. The van der Waals surface area contributed by atoms with Crippen LogP contribution in [0.4, 0.5) is 0 Å².